The van der Waals surface area contributed by atoms with Crippen LogP contribution in [0, 0.1) is 23.0 Å². The molecule has 0 radical (unpaired) electrons. The lowest BCUT2D eigenvalue weighted by atomic mass is 9.95. The number of thioether (sulfide) groups is 1. The summed E-state index contributed by atoms with van der Waals surface area (Å²) < 4.78 is 43.3. The minimum absolute atomic E-state index is 0.254. The van der Waals surface area contributed by atoms with E-state index in [2.05, 4.69) is 26.7 Å². The van der Waals surface area contributed by atoms with Crippen LogP contribution in [0.25, 0.3) is 0 Å². The van der Waals surface area contributed by atoms with Gasteiger partial charge in [-0.3, -0.25) is 0 Å². The van der Waals surface area contributed by atoms with Crippen molar-refractivity contribution in [2.75, 3.05) is 5.75 Å². The van der Waals surface area contributed by atoms with Gasteiger partial charge >= 0.3 is 0 Å². The molecule has 0 aromatic heterocycles. The van der Waals surface area contributed by atoms with Gasteiger partial charge in [0.2, 0.25) is 0 Å². The fraction of sp³-hybridized carbons (Fsp3) is 0.409. The van der Waals surface area contributed by atoms with Crippen molar-refractivity contribution in [2.24, 2.45) is 0 Å². The lowest BCUT2D eigenvalue weighted by molar-refractivity contribution is 0.441. The van der Waals surface area contributed by atoms with Crippen LogP contribution in [0.3, 0.4) is 0 Å². The van der Waals surface area contributed by atoms with E-state index in [1.54, 1.807) is 38.1 Å². The molecule has 0 fully saturated rings. The van der Waals surface area contributed by atoms with Crippen molar-refractivity contribution in [3.05, 3.63) is 69.7 Å². The molecule has 3 atom stereocenters. The Labute approximate surface area is 193 Å². The minimum atomic E-state index is -1.48. The quantitative estimate of drug-likeness (QED) is 0.449. The molecule has 0 aliphatic carbocycles. The first kappa shape index (κ1) is 25.2. The topological polar surface area (TPSA) is 58.9 Å². The summed E-state index contributed by atoms with van der Waals surface area (Å²) in [7, 11) is 0. The Hall–Kier alpha value is -1.11. The lowest BCUT2D eigenvalue weighted by Crippen LogP contribution is -2.52. The molecule has 0 spiro atoms. The molecule has 2 rings (SSSR count). The highest BCUT2D eigenvalue weighted by molar-refractivity contribution is 9.10. The lowest BCUT2D eigenvalue weighted by Gasteiger charge is -2.37. The molecular weight excluding hydrogens is 490 g/mol. The number of halogens is 3. The molecule has 1 N–H and O–H groups in total. The maximum Gasteiger partial charge on any atom is 0.136 e. The van der Waals surface area contributed by atoms with Crippen molar-refractivity contribution in [3.8, 4) is 6.07 Å². The van der Waals surface area contributed by atoms with E-state index in [0.29, 0.717) is 15.6 Å². The molecule has 162 valence electrons. The standard InChI is InChI=1S/C22H25BrF2N2OS2/c1-20(2,3)30(28)27-21(4,18-12-16(23)8-11-19(18)25)14-29-22(5,13-26)15-6-9-17(24)10-7-15/h6-12,27H,14H2,1-5H3/t21-,22?,30+/m0/s1. The van der Waals surface area contributed by atoms with Gasteiger partial charge in [-0.1, -0.05) is 28.1 Å². The van der Waals surface area contributed by atoms with Crippen molar-refractivity contribution in [2.45, 2.75) is 49.7 Å². The zero-order chi connectivity index (χ0) is 22.7. The molecule has 0 aliphatic rings. The Morgan fingerprint density at radius 1 is 1.10 bits per heavy atom. The van der Waals surface area contributed by atoms with Crippen molar-refractivity contribution in [1.29, 1.82) is 5.26 Å². The van der Waals surface area contributed by atoms with Crippen LogP contribution in [0.5, 0.6) is 0 Å². The first-order chi connectivity index (χ1) is 13.8. The van der Waals surface area contributed by atoms with Crippen molar-refractivity contribution in [1.82, 2.24) is 4.72 Å². The van der Waals surface area contributed by atoms with Crippen molar-refractivity contribution in [3.63, 3.8) is 0 Å². The predicted molar refractivity (Wildman–Crippen MR) is 124 cm³/mol. The van der Waals surface area contributed by atoms with Crippen LogP contribution < -0.4 is 4.72 Å². The minimum Gasteiger partial charge on any atom is -0.598 e. The molecule has 0 saturated carbocycles. The molecule has 0 saturated heterocycles. The van der Waals surface area contributed by atoms with Gasteiger partial charge in [-0.05, 0) is 70.5 Å². The van der Waals surface area contributed by atoms with E-state index < -0.39 is 32.2 Å². The Balaban J connectivity index is 2.43. The zero-order valence-electron chi connectivity index (χ0n) is 17.6. The van der Waals surface area contributed by atoms with Gasteiger partial charge < -0.3 is 4.55 Å². The molecule has 1 unspecified atom stereocenters. The summed E-state index contributed by atoms with van der Waals surface area (Å²) in [5, 5.41) is 9.86. The van der Waals surface area contributed by atoms with Gasteiger partial charge in [-0.25, -0.2) is 8.78 Å². The molecule has 0 amide bonds. The van der Waals surface area contributed by atoms with Crippen molar-refractivity contribution >= 4 is 39.1 Å². The number of nitrogens with one attached hydrogen (secondary N) is 1. The van der Waals surface area contributed by atoms with Gasteiger partial charge in [-0.2, -0.15) is 5.26 Å². The Morgan fingerprint density at radius 3 is 2.23 bits per heavy atom. The molecule has 0 heterocycles. The van der Waals surface area contributed by atoms with Crippen LogP contribution in [0.2, 0.25) is 0 Å². The average molecular weight is 515 g/mol. The summed E-state index contributed by atoms with van der Waals surface area (Å²) in [6.45, 7) is 9.01. The summed E-state index contributed by atoms with van der Waals surface area (Å²) in [4.78, 5) is 0. The van der Waals surface area contributed by atoms with E-state index in [4.69, 9.17) is 0 Å². The third kappa shape index (κ3) is 5.98. The van der Waals surface area contributed by atoms with Gasteiger partial charge in [0.1, 0.15) is 21.1 Å². The molecular formula is C22H25BrF2N2OS2. The molecule has 8 heteroatoms. The number of nitriles is 1. The predicted octanol–water partition coefficient (Wildman–Crippen LogP) is 6.17. The van der Waals surface area contributed by atoms with Crippen LogP contribution in [0.15, 0.2) is 46.9 Å². The van der Waals surface area contributed by atoms with Gasteiger partial charge in [-0.15, -0.1) is 16.5 Å². The number of hydrogen-bond acceptors (Lipinski definition) is 4. The van der Waals surface area contributed by atoms with Gasteiger partial charge in [0, 0.05) is 27.2 Å². The average Bonchev–Trinajstić information content (AvgIpc) is 2.67. The van der Waals surface area contributed by atoms with E-state index in [-0.39, 0.29) is 11.6 Å². The smallest absolute Gasteiger partial charge is 0.136 e. The molecule has 0 aliphatic heterocycles. The highest BCUT2D eigenvalue weighted by Crippen LogP contribution is 2.41. The number of nitrogens with zero attached hydrogens (tertiary/aromatic N) is 1. The maximum atomic E-state index is 14.8. The van der Waals surface area contributed by atoms with Crippen LogP contribution in [0.4, 0.5) is 8.78 Å². The Morgan fingerprint density at radius 2 is 1.70 bits per heavy atom. The summed E-state index contributed by atoms with van der Waals surface area (Å²) in [6.07, 6.45) is 0. The van der Waals surface area contributed by atoms with Gasteiger partial charge in [0.05, 0.1) is 11.6 Å². The van der Waals surface area contributed by atoms with E-state index in [1.165, 1.54) is 30.0 Å². The first-order valence-electron chi connectivity index (χ1n) is 9.27. The Kier molecular flexibility index (Phi) is 8.03. The molecule has 2 aromatic rings. The third-order valence-corrected chi connectivity index (χ3v) is 8.52. The Bertz CT molecular complexity index is 930. The zero-order valence-corrected chi connectivity index (χ0v) is 20.8. The number of hydrogen-bond donors (Lipinski definition) is 1. The third-order valence-electron chi connectivity index (χ3n) is 4.65. The molecule has 30 heavy (non-hydrogen) atoms. The van der Waals surface area contributed by atoms with Crippen LogP contribution in [-0.2, 0) is 21.6 Å². The summed E-state index contributed by atoms with van der Waals surface area (Å²) in [6, 6.07) is 12.7. The second-order valence-corrected chi connectivity index (χ2v) is 12.7. The van der Waals surface area contributed by atoms with Gasteiger partial charge in [0.25, 0.3) is 0 Å². The van der Waals surface area contributed by atoms with Crippen LogP contribution in [-0.4, -0.2) is 15.1 Å². The maximum absolute atomic E-state index is 14.8. The molecule has 0 bridgehead atoms. The van der Waals surface area contributed by atoms with Crippen LogP contribution >= 0.6 is 27.7 Å². The highest BCUT2D eigenvalue weighted by Gasteiger charge is 2.41. The van der Waals surface area contributed by atoms with E-state index in [1.807, 2.05) is 20.8 Å². The summed E-state index contributed by atoms with van der Waals surface area (Å²) in [5.74, 6) is -0.559. The summed E-state index contributed by atoms with van der Waals surface area (Å²) >= 11 is 3.19. The SMILES string of the molecule is CC(C#N)(SC[C@](C)(N[S@+]([O-])C(C)(C)C)c1cc(Br)ccc1F)c1ccc(F)cc1. The highest BCUT2D eigenvalue weighted by atomic mass is 79.9. The largest absolute Gasteiger partial charge is 0.598 e. The molecule has 2 aromatic carbocycles. The molecule has 3 nitrogen and oxygen atoms in total. The first-order valence-corrected chi connectivity index (χ1v) is 12.2. The van der Waals surface area contributed by atoms with E-state index in [0.717, 1.165) is 0 Å². The van der Waals surface area contributed by atoms with Gasteiger partial charge in [0.15, 0.2) is 0 Å². The second kappa shape index (κ2) is 9.58. The second-order valence-electron chi connectivity index (χ2n) is 8.38. The number of rotatable bonds is 7. The van der Waals surface area contributed by atoms with E-state index >= 15 is 0 Å². The van der Waals surface area contributed by atoms with Crippen molar-refractivity contribution < 1.29 is 13.3 Å². The monoisotopic (exact) mass is 514 g/mol. The van der Waals surface area contributed by atoms with E-state index in [9.17, 15) is 18.6 Å². The normalized spacial score (nSPS) is 16.9. The fourth-order valence-corrected chi connectivity index (χ4v) is 5.20. The number of benzene rings is 2. The fourth-order valence-electron chi connectivity index (χ4n) is 2.68. The summed E-state index contributed by atoms with van der Waals surface area (Å²) in [5.41, 5.74) is -0.0405. The van der Waals surface area contributed by atoms with Crippen LogP contribution in [0.1, 0.15) is 45.7 Å².